The second-order valence-electron chi connectivity index (χ2n) is 12.1. The van der Waals surface area contributed by atoms with Gasteiger partial charge in [-0.1, -0.05) is 106 Å². The van der Waals surface area contributed by atoms with Crippen LogP contribution in [0.4, 0.5) is 17.1 Å². The molecule has 45 heavy (non-hydrogen) atoms. The number of rotatable bonds is 7. The van der Waals surface area contributed by atoms with Crippen molar-refractivity contribution in [2.75, 3.05) is 4.90 Å². The fourth-order valence-corrected chi connectivity index (χ4v) is 6.45. The van der Waals surface area contributed by atoms with E-state index in [4.69, 9.17) is 9.47 Å². The Morgan fingerprint density at radius 1 is 0.600 bits per heavy atom. The number of benzene rings is 5. The van der Waals surface area contributed by atoms with Gasteiger partial charge in [0, 0.05) is 29.4 Å². The Bertz CT molecular complexity index is 1940. The van der Waals surface area contributed by atoms with Crippen molar-refractivity contribution in [3.63, 3.8) is 0 Å². The van der Waals surface area contributed by atoms with Gasteiger partial charge in [0.25, 0.3) is 0 Å². The minimum Gasteiger partial charge on any atom is -0.458 e. The van der Waals surface area contributed by atoms with Gasteiger partial charge in [-0.3, -0.25) is 0 Å². The second-order valence-corrected chi connectivity index (χ2v) is 12.1. The number of hydrogen-bond acceptors (Lipinski definition) is 4. The van der Waals surface area contributed by atoms with Crippen molar-refractivity contribution in [3.8, 4) is 23.1 Å². The van der Waals surface area contributed by atoms with Crippen molar-refractivity contribution in [1.29, 1.82) is 0 Å². The monoisotopic (exact) mass is 586 g/mol. The Balaban J connectivity index is 1.26. The summed E-state index contributed by atoms with van der Waals surface area (Å²) in [6.07, 6.45) is 1.74. The van der Waals surface area contributed by atoms with Gasteiger partial charge >= 0.3 is 0 Å². The summed E-state index contributed by atoms with van der Waals surface area (Å²) in [5.74, 6) is 2.99. The van der Waals surface area contributed by atoms with Gasteiger partial charge in [-0.05, 0) is 70.9 Å². The number of aromatic nitrogens is 1. The van der Waals surface area contributed by atoms with Crippen LogP contribution in [0.2, 0.25) is 6.82 Å². The number of pyridine rings is 1. The maximum Gasteiger partial charge on any atom is 0.219 e. The van der Waals surface area contributed by atoms with E-state index in [1.165, 1.54) is 22.5 Å². The first-order valence-electron chi connectivity index (χ1n) is 15.5. The molecule has 6 aromatic rings. The lowest BCUT2D eigenvalue weighted by atomic mass is 9.42. The van der Waals surface area contributed by atoms with E-state index in [2.05, 4.69) is 122 Å². The first-order valence-corrected chi connectivity index (χ1v) is 15.5. The maximum absolute atomic E-state index is 6.81. The summed E-state index contributed by atoms with van der Waals surface area (Å²) >= 11 is 0. The summed E-state index contributed by atoms with van der Waals surface area (Å²) in [7, 11) is 0. The summed E-state index contributed by atoms with van der Waals surface area (Å²) in [6.45, 7) is 8.91. The number of hydrogen-bond donors (Lipinski definition) is 0. The molecule has 2 heterocycles. The van der Waals surface area contributed by atoms with Crippen LogP contribution in [0.5, 0.6) is 23.1 Å². The number of aryl methyl sites for hydroxylation is 1. The van der Waals surface area contributed by atoms with Crippen molar-refractivity contribution in [3.05, 3.63) is 156 Å². The van der Waals surface area contributed by atoms with Crippen molar-refractivity contribution < 1.29 is 9.47 Å². The molecule has 1 aliphatic rings. The fourth-order valence-electron chi connectivity index (χ4n) is 6.45. The zero-order valence-corrected chi connectivity index (χ0v) is 26.1. The Morgan fingerprint density at radius 3 is 1.78 bits per heavy atom. The molecule has 0 unspecified atom stereocenters. The van der Waals surface area contributed by atoms with Gasteiger partial charge in [0.1, 0.15) is 17.2 Å². The highest BCUT2D eigenvalue weighted by atomic mass is 16.5. The van der Waals surface area contributed by atoms with Crippen LogP contribution in [0.25, 0.3) is 0 Å². The second kappa shape index (κ2) is 11.7. The molecule has 0 radical (unpaired) electrons. The van der Waals surface area contributed by atoms with Gasteiger partial charge in [0.15, 0.2) is 0 Å². The zero-order chi connectivity index (χ0) is 31.0. The predicted octanol–water partition coefficient (Wildman–Crippen LogP) is 9.32. The quantitative estimate of drug-likeness (QED) is 0.175. The summed E-state index contributed by atoms with van der Waals surface area (Å²) in [5.41, 5.74) is 9.15. The molecule has 4 nitrogen and oxygen atoms in total. The van der Waals surface area contributed by atoms with E-state index in [-0.39, 0.29) is 12.1 Å². The number of nitrogens with zero attached hydrogens (tertiary/aromatic N) is 2. The molecule has 0 fully saturated rings. The van der Waals surface area contributed by atoms with Crippen LogP contribution in [0, 0.1) is 6.92 Å². The predicted molar refractivity (Wildman–Crippen MR) is 186 cm³/mol. The molecule has 1 aliphatic heterocycles. The molecular weight excluding hydrogens is 551 g/mol. The molecular formula is C40H35BN2O2. The van der Waals surface area contributed by atoms with Crippen LogP contribution in [0.3, 0.4) is 0 Å². The van der Waals surface area contributed by atoms with E-state index in [1.54, 1.807) is 6.20 Å². The summed E-state index contributed by atoms with van der Waals surface area (Å²) in [4.78, 5) is 6.73. The summed E-state index contributed by atoms with van der Waals surface area (Å²) in [6, 6.07) is 46.0. The highest BCUT2D eigenvalue weighted by Crippen LogP contribution is 2.52. The fraction of sp³-hybridized carbons (Fsp3) is 0.125. The molecule has 0 bridgehead atoms. The number of ether oxygens (including phenoxy) is 2. The average Bonchev–Trinajstić information content (AvgIpc) is 3.07. The van der Waals surface area contributed by atoms with Crippen LogP contribution in [-0.2, 0) is 5.41 Å². The van der Waals surface area contributed by atoms with E-state index in [9.17, 15) is 0 Å². The van der Waals surface area contributed by atoms with E-state index in [0.29, 0.717) is 5.88 Å². The molecule has 0 atom stereocenters. The molecule has 0 aliphatic carbocycles. The normalized spacial score (nSPS) is 13.0. The molecule has 0 saturated carbocycles. The molecule has 0 N–H and O–H groups in total. The lowest BCUT2D eigenvalue weighted by Gasteiger charge is -2.42. The summed E-state index contributed by atoms with van der Waals surface area (Å²) < 4.78 is 13.0. The van der Waals surface area contributed by atoms with Crippen molar-refractivity contribution in [2.24, 2.45) is 0 Å². The Kier molecular flexibility index (Phi) is 7.38. The number of para-hydroxylation sites is 4. The van der Waals surface area contributed by atoms with Crippen LogP contribution in [0.1, 0.15) is 30.5 Å². The van der Waals surface area contributed by atoms with Gasteiger partial charge in [-0.2, -0.15) is 0 Å². The minimum atomic E-state index is -0.112. The highest BCUT2D eigenvalue weighted by Gasteiger charge is 2.36. The van der Waals surface area contributed by atoms with Crippen LogP contribution >= 0.6 is 0 Å². The lowest BCUT2D eigenvalue weighted by molar-refractivity contribution is 0.466. The van der Waals surface area contributed by atoms with Crippen LogP contribution in [-0.4, -0.2) is 11.7 Å². The highest BCUT2D eigenvalue weighted by molar-refractivity contribution is 6.85. The average molecular weight is 587 g/mol. The molecule has 0 spiro atoms. The van der Waals surface area contributed by atoms with Crippen molar-refractivity contribution in [2.45, 2.75) is 33.0 Å². The Hall–Kier alpha value is -5.29. The maximum atomic E-state index is 6.81. The summed E-state index contributed by atoms with van der Waals surface area (Å²) in [5, 5.41) is 0. The molecule has 0 saturated heterocycles. The smallest absolute Gasteiger partial charge is 0.219 e. The van der Waals surface area contributed by atoms with Gasteiger partial charge in [-0.25, -0.2) is 4.98 Å². The van der Waals surface area contributed by atoms with Crippen LogP contribution < -0.4 is 25.3 Å². The van der Waals surface area contributed by atoms with Gasteiger partial charge in [-0.15, -0.1) is 0 Å². The molecule has 5 heteroatoms. The standard InChI is InChI=1S/C40H35BN2O2/c1-28-24-25-29(43-34-19-9-5-15-30(34)40(2,3)31-16-6-10-20-35(31)43)27-38(28)44-36-21-11-7-17-32(36)41(4)33-18-8-12-22-37(33)45-39-23-13-14-26-42-39/h5-27H,1-4H3. The first kappa shape index (κ1) is 28.5. The third kappa shape index (κ3) is 5.25. The van der Waals surface area contributed by atoms with Gasteiger partial charge in [0.2, 0.25) is 12.6 Å². The van der Waals surface area contributed by atoms with E-state index >= 15 is 0 Å². The van der Waals surface area contributed by atoms with E-state index in [0.717, 1.165) is 39.4 Å². The Morgan fingerprint density at radius 2 is 1.16 bits per heavy atom. The first-order chi connectivity index (χ1) is 21.9. The van der Waals surface area contributed by atoms with E-state index < -0.39 is 0 Å². The number of fused-ring (bicyclic) bond motifs is 2. The molecule has 0 amide bonds. The third-order valence-corrected chi connectivity index (χ3v) is 8.91. The van der Waals surface area contributed by atoms with Crippen molar-refractivity contribution >= 4 is 34.7 Å². The largest absolute Gasteiger partial charge is 0.458 e. The molecule has 220 valence electrons. The van der Waals surface area contributed by atoms with Crippen LogP contribution in [0.15, 0.2) is 140 Å². The molecule has 1 aromatic heterocycles. The minimum absolute atomic E-state index is 0.00711. The Labute approximate surface area is 266 Å². The lowest BCUT2D eigenvalue weighted by Crippen LogP contribution is -2.40. The topological polar surface area (TPSA) is 34.6 Å². The molecule has 5 aromatic carbocycles. The van der Waals surface area contributed by atoms with Gasteiger partial charge < -0.3 is 14.4 Å². The SMILES string of the molecule is CB(c1ccccc1Oc1ccccn1)c1ccccc1Oc1cc(N2c3ccccc3C(C)(C)c3ccccc32)ccc1C. The van der Waals surface area contributed by atoms with Gasteiger partial charge in [0.05, 0.1) is 11.4 Å². The molecule has 7 rings (SSSR count). The number of anilines is 3. The van der Waals surface area contributed by atoms with E-state index in [1.807, 2.05) is 48.5 Å². The third-order valence-electron chi connectivity index (χ3n) is 8.91. The van der Waals surface area contributed by atoms with Crippen molar-refractivity contribution in [1.82, 2.24) is 4.98 Å². The zero-order valence-electron chi connectivity index (χ0n) is 26.1.